The number of hydrogen-bond acceptors (Lipinski definition) is 0. The van der Waals surface area contributed by atoms with E-state index in [0.29, 0.717) is 3.63 Å². The van der Waals surface area contributed by atoms with Gasteiger partial charge < -0.3 is 24.8 Å². The molecule has 238 valence electrons. The predicted octanol–water partition coefficient (Wildman–Crippen LogP) is 5.34. The van der Waals surface area contributed by atoms with E-state index in [1.54, 1.807) is 22.8 Å². The topological polar surface area (TPSA) is 0 Å². The molecule has 0 fully saturated rings. The second kappa shape index (κ2) is 13.8. The molecule has 2 aliphatic carbocycles. The van der Waals surface area contributed by atoms with Gasteiger partial charge >= 0.3 is 277 Å². The molecule has 0 saturated heterocycles. The monoisotopic (exact) mass is 740 g/mol. The molecule has 0 bridgehead atoms. The van der Waals surface area contributed by atoms with Crippen molar-refractivity contribution in [2.24, 2.45) is 0 Å². The zero-order valence-electron chi connectivity index (χ0n) is 28.9. The number of halogens is 2. The number of benzene rings is 4. The molecule has 0 aliphatic heterocycles. The van der Waals surface area contributed by atoms with Crippen LogP contribution in [0.4, 0.5) is 0 Å². The first-order valence-corrected chi connectivity index (χ1v) is 23.7. The van der Waals surface area contributed by atoms with Gasteiger partial charge in [0.25, 0.3) is 0 Å². The summed E-state index contributed by atoms with van der Waals surface area (Å²) in [6.07, 6.45) is 6.41. The third-order valence-electron chi connectivity index (χ3n) is 9.51. The summed E-state index contributed by atoms with van der Waals surface area (Å²) in [6.45, 7) is 21.7. The first-order valence-electron chi connectivity index (χ1n) is 16.3. The second-order valence-electron chi connectivity index (χ2n) is 15.8. The van der Waals surface area contributed by atoms with E-state index < -0.39 is 29.3 Å². The number of rotatable bonds is 5. The molecule has 4 aromatic rings. The number of allylic oxidation sites excluding steroid dienone is 4. The fourth-order valence-electron chi connectivity index (χ4n) is 6.92. The van der Waals surface area contributed by atoms with Crippen LogP contribution in [0.2, 0.25) is 19.6 Å². The minimum atomic E-state index is -2.76. The smallest absolute Gasteiger partial charge is 1.00 e. The zero-order valence-corrected chi connectivity index (χ0v) is 33.9. The van der Waals surface area contributed by atoms with Crippen LogP contribution in [0.5, 0.6) is 0 Å². The van der Waals surface area contributed by atoms with E-state index in [2.05, 4.69) is 170 Å². The van der Waals surface area contributed by atoms with Gasteiger partial charge in [0.2, 0.25) is 0 Å². The fraction of sp³-hybridized carbons (Fsp3) is 0.310. The van der Waals surface area contributed by atoms with E-state index in [-0.39, 0.29) is 35.6 Å². The molecule has 0 heterocycles. The fourth-order valence-corrected chi connectivity index (χ4v) is 17.6. The molecule has 2 aliphatic rings. The van der Waals surface area contributed by atoms with Crippen molar-refractivity contribution in [1.29, 1.82) is 0 Å². The van der Waals surface area contributed by atoms with Gasteiger partial charge in [-0.1, -0.05) is 0 Å². The molecule has 0 unspecified atom stereocenters. The molecule has 0 aromatic heterocycles. The zero-order chi connectivity index (χ0) is 31.4. The van der Waals surface area contributed by atoms with Crippen molar-refractivity contribution in [3.8, 4) is 11.1 Å². The quantitative estimate of drug-likeness (QED) is 0.243. The van der Waals surface area contributed by atoms with E-state index in [4.69, 9.17) is 0 Å². The van der Waals surface area contributed by atoms with Crippen molar-refractivity contribution in [2.45, 2.75) is 82.1 Å². The average Bonchev–Trinajstić information content (AvgIpc) is 3.59. The predicted molar refractivity (Wildman–Crippen MR) is 191 cm³/mol. The van der Waals surface area contributed by atoms with Crippen LogP contribution in [0, 0.1) is 0 Å². The number of fused-ring (bicyclic) bond motifs is 3. The third kappa shape index (κ3) is 7.17. The minimum Gasteiger partial charge on any atom is -1.00 e. The van der Waals surface area contributed by atoms with Crippen molar-refractivity contribution in [2.75, 3.05) is 0 Å². The Morgan fingerprint density at radius 2 is 1.07 bits per heavy atom. The van der Waals surface area contributed by atoms with E-state index in [1.165, 1.54) is 33.4 Å². The Kier molecular flexibility index (Phi) is 11.0. The van der Waals surface area contributed by atoms with Gasteiger partial charge in [-0.25, -0.2) is 0 Å². The van der Waals surface area contributed by atoms with Gasteiger partial charge in [-0.05, 0) is 0 Å². The van der Waals surface area contributed by atoms with E-state index in [0.717, 1.165) is 6.42 Å². The van der Waals surface area contributed by atoms with Crippen LogP contribution in [0.25, 0.3) is 11.1 Å². The molecule has 4 aromatic carbocycles. The molecular formula is C42H48Cl2SiZr. The van der Waals surface area contributed by atoms with Crippen molar-refractivity contribution < 1.29 is 46.1 Å². The van der Waals surface area contributed by atoms with E-state index in [1.807, 2.05) is 0 Å². The van der Waals surface area contributed by atoms with Crippen LogP contribution in [0.15, 0.2) is 118 Å². The van der Waals surface area contributed by atoms with Gasteiger partial charge in [0.05, 0.1) is 0 Å². The summed E-state index contributed by atoms with van der Waals surface area (Å²) in [4.78, 5) is 0. The Bertz CT molecular complexity index is 1710. The van der Waals surface area contributed by atoms with Crippen LogP contribution >= 0.6 is 0 Å². The van der Waals surface area contributed by atoms with Crippen molar-refractivity contribution in [3.05, 3.63) is 151 Å². The maximum atomic E-state index is 2.70. The molecule has 0 atom stereocenters. The van der Waals surface area contributed by atoms with Gasteiger partial charge in [-0.15, -0.1) is 0 Å². The van der Waals surface area contributed by atoms with Gasteiger partial charge in [0.15, 0.2) is 0 Å². The van der Waals surface area contributed by atoms with Gasteiger partial charge in [-0.3, -0.25) is 0 Å². The summed E-state index contributed by atoms with van der Waals surface area (Å²) in [5.41, 5.74) is 11.9. The first-order chi connectivity index (χ1) is 20.7. The van der Waals surface area contributed by atoms with Gasteiger partial charge in [0, 0.05) is 0 Å². The van der Waals surface area contributed by atoms with Crippen LogP contribution in [0.1, 0.15) is 85.0 Å². The summed E-state index contributed by atoms with van der Waals surface area (Å²) < 4.78 is 3.80. The van der Waals surface area contributed by atoms with E-state index in [9.17, 15) is 0 Å². The largest absolute Gasteiger partial charge is 1.00 e. The first kappa shape index (κ1) is 36.7. The maximum Gasteiger partial charge on any atom is -1.00 e. The SMILES string of the molecule is CC(C)(C)c1ccc2c(c1)[CH]([Zr+2]([C]1=CC([Si](C)(C)C)=CC1)=[C](c1ccccc1)c1ccccc1)c1cc(C(C)(C)C)ccc1-2.[Cl-].[Cl-]. The molecule has 0 amide bonds. The molecule has 6 rings (SSSR count). The van der Waals surface area contributed by atoms with Crippen LogP contribution in [0.3, 0.4) is 0 Å². The van der Waals surface area contributed by atoms with Crippen molar-refractivity contribution in [3.63, 3.8) is 0 Å². The summed E-state index contributed by atoms with van der Waals surface area (Å²) in [5, 5.41) is 1.64. The Morgan fingerprint density at radius 3 is 1.43 bits per heavy atom. The summed E-state index contributed by atoms with van der Waals surface area (Å²) >= 11 is -2.76. The van der Waals surface area contributed by atoms with Gasteiger partial charge in [0.1, 0.15) is 0 Å². The normalized spacial score (nSPS) is 14.2. The molecule has 0 nitrogen and oxygen atoms in total. The molecule has 4 heteroatoms. The van der Waals surface area contributed by atoms with Crippen molar-refractivity contribution in [1.82, 2.24) is 0 Å². The molecule has 0 spiro atoms. The summed E-state index contributed by atoms with van der Waals surface area (Å²) in [6, 6.07) is 37.7. The molecule has 0 saturated carbocycles. The standard InChI is InChI=1S/C21H25.C13H10.C8H13Si.2ClH.Zr/c1-20(2,3)16-7-9-18-14(12-16)11-15-13-17(21(4,5)6)8-10-19(15)18;1-3-7-12(8-4-1)11-13-9-5-2-6-10-13;1-9(2,3)8-6-4-5-7-8;;;/h7-13H,1-6H3;1-10H;6-7H,4H2,1-3H3;2*1H;/q;;;;;+2/p-2. The maximum absolute atomic E-state index is 2.76. The summed E-state index contributed by atoms with van der Waals surface area (Å²) in [5.74, 6) is 0. The molecule has 0 radical (unpaired) electrons. The van der Waals surface area contributed by atoms with Crippen LogP contribution in [-0.4, -0.2) is 11.3 Å². The molecule has 46 heavy (non-hydrogen) atoms. The van der Waals surface area contributed by atoms with Crippen molar-refractivity contribution >= 4 is 11.3 Å². The average molecular weight is 743 g/mol. The molecule has 0 N–H and O–H groups in total. The van der Waals surface area contributed by atoms with Crippen LogP contribution < -0.4 is 24.8 Å². The van der Waals surface area contributed by atoms with E-state index >= 15 is 0 Å². The Hall–Kier alpha value is -2.09. The number of hydrogen-bond donors (Lipinski definition) is 0. The third-order valence-corrected chi connectivity index (χ3v) is 19.8. The molecular weight excluding hydrogens is 695 g/mol. The second-order valence-corrected chi connectivity index (χ2v) is 27.2. The van der Waals surface area contributed by atoms with Crippen LogP contribution in [-0.2, 0) is 32.1 Å². The Balaban J connectivity index is 0.00000240. The Labute approximate surface area is 299 Å². The minimum absolute atomic E-state index is 0. The summed E-state index contributed by atoms with van der Waals surface area (Å²) in [7, 11) is -1.45. The van der Waals surface area contributed by atoms with Gasteiger partial charge in [-0.2, -0.15) is 0 Å². The Morgan fingerprint density at radius 1 is 0.630 bits per heavy atom.